The third kappa shape index (κ3) is 6.97. The van der Waals surface area contributed by atoms with Gasteiger partial charge in [0.2, 0.25) is 5.91 Å². The molecule has 0 aliphatic rings. The topological polar surface area (TPSA) is 61.4 Å². The highest BCUT2D eigenvalue weighted by Crippen LogP contribution is 2.08. The van der Waals surface area contributed by atoms with Crippen molar-refractivity contribution < 1.29 is 9.90 Å². The monoisotopic (exact) mass is 258 g/mol. The first-order valence-electron chi connectivity index (χ1n) is 6.90. The summed E-state index contributed by atoms with van der Waals surface area (Å²) in [5.41, 5.74) is -0.181. The van der Waals surface area contributed by atoms with Crippen molar-refractivity contribution >= 4 is 5.91 Å². The largest absolute Gasteiger partial charge is 0.395 e. The molecule has 0 aromatic heterocycles. The molecule has 18 heavy (non-hydrogen) atoms. The number of hydrogen-bond acceptors (Lipinski definition) is 3. The Morgan fingerprint density at radius 2 is 1.83 bits per heavy atom. The number of aliphatic hydroxyl groups excluding tert-OH is 1. The van der Waals surface area contributed by atoms with Crippen LogP contribution in [0.2, 0.25) is 0 Å². The maximum Gasteiger partial charge on any atom is 0.237 e. The molecule has 0 fully saturated rings. The molecule has 0 saturated heterocycles. The second kappa shape index (κ2) is 7.74. The van der Waals surface area contributed by atoms with Crippen LogP contribution >= 0.6 is 0 Å². The fourth-order valence-corrected chi connectivity index (χ4v) is 1.72. The first-order chi connectivity index (χ1) is 8.21. The second-order valence-corrected chi connectivity index (χ2v) is 6.12. The molecule has 1 amide bonds. The summed E-state index contributed by atoms with van der Waals surface area (Å²) in [6.45, 7) is 12.2. The van der Waals surface area contributed by atoms with Gasteiger partial charge in [0.05, 0.1) is 12.6 Å². The van der Waals surface area contributed by atoms with E-state index in [0.717, 1.165) is 12.8 Å². The lowest BCUT2D eigenvalue weighted by atomic mass is 10.0. The first kappa shape index (κ1) is 17.4. The molecular formula is C14H30N2O2. The summed E-state index contributed by atoms with van der Waals surface area (Å²) in [5, 5.41) is 15.5. The molecule has 2 unspecified atom stereocenters. The molecule has 0 bridgehead atoms. The number of carbonyl (C=O) groups excluding carboxylic acids is 1. The lowest BCUT2D eigenvalue weighted by Gasteiger charge is -2.28. The number of hydrogen-bond donors (Lipinski definition) is 3. The molecule has 3 N–H and O–H groups in total. The first-order valence-corrected chi connectivity index (χ1v) is 6.90. The Morgan fingerprint density at radius 1 is 1.28 bits per heavy atom. The summed E-state index contributed by atoms with van der Waals surface area (Å²) in [4.78, 5) is 12.0. The van der Waals surface area contributed by atoms with Crippen LogP contribution in [0.1, 0.15) is 54.4 Å². The summed E-state index contributed by atoms with van der Waals surface area (Å²) in [6, 6.07) is -0.304. The quantitative estimate of drug-likeness (QED) is 0.621. The highest BCUT2D eigenvalue weighted by Gasteiger charge is 2.23. The van der Waals surface area contributed by atoms with Crippen LogP contribution in [0.15, 0.2) is 0 Å². The van der Waals surface area contributed by atoms with Gasteiger partial charge in [-0.1, -0.05) is 20.8 Å². The van der Waals surface area contributed by atoms with Gasteiger partial charge in [0.25, 0.3) is 0 Å². The fourth-order valence-electron chi connectivity index (χ4n) is 1.72. The third-order valence-electron chi connectivity index (χ3n) is 3.20. The molecule has 2 atom stereocenters. The van der Waals surface area contributed by atoms with Crippen molar-refractivity contribution in [2.24, 2.45) is 5.92 Å². The Hall–Kier alpha value is -0.610. The molecule has 4 nitrogen and oxygen atoms in total. The van der Waals surface area contributed by atoms with Crippen LogP contribution in [0.5, 0.6) is 0 Å². The molecule has 0 aromatic rings. The van der Waals surface area contributed by atoms with Crippen molar-refractivity contribution in [3.63, 3.8) is 0 Å². The third-order valence-corrected chi connectivity index (χ3v) is 3.20. The van der Waals surface area contributed by atoms with E-state index in [1.165, 1.54) is 0 Å². The van der Waals surface area contributed by atoms with Gasteiger partial charge in [0, 0.05) is 11.6 Å². The number of aliphatic hydroxyl groups is 1. The van der Waals surface area contributed by atoms with E-state index in [1.54, 1.807) is 0 Å². The summed E-state index contributed by atoms with van der Waals surface area (Å²) in [7, 11) is 0. The van der Waals surface area contributed by atoms with Gasteiger partial charge in [-0.2, -0.15) is 0 Å². The van der Waals surface area contributed by atoms with Gasteiger partial charge in [0.1, 0.15) is 0 Å². The SMILES string of the molecule is CCC(C)(C)NC(=O)C(C)NC(CO)CC(C)C. The smallest absolute Gasteiger partial charge is 0.237 e. The van der Waals surface area contributed by atoms with E-state index in [1.807, 2.05) is 27.7 Å². The molecule has 108 valence electrons. The Kier molecular flexibility index (Phi) is 7.48. The molecule has 0 aliphatic heterocycles. The van der Waals surface area contributed by atoms with Gasteiger partial charge in [-0.3, -0.25) is 4.79 Å². The van der Waals surface area contributed by atoms with Crippen molar-refractivity contribution in [3.8, 4) is 0 Å². The van der Waals surface area contributed by atoms with Gasteiger partial charge in [0.15, 0.2) is 0 Å². The van der Waals surface area contributed by atoms with Crippen molar-refractivity contribution in [1.29, 1.82) is 0 Å². The molecular weight excluding hydrogens is 228 g/mol. The zero-order valence-electron chi connectivity index (χ0n) is 12.7. The molecule has 4 heteroatoms. The van der Waals surface area contributed by atoms with Crippen molar-refractivity contribution in [2.45, 2.75) is 72.0 Å². The minimum atomic E-state index is -0.285. The molecule has 0 rings (SSSR count). The van der Waals surface area contributed by atoms with Crippen molar-refractivity contribution in [1.82, 2.24) is 10.6 Å². The average Bonchev–Trinajstić information content (AvgIpc) is 2.26. The number of amides is 1. The van der Waals surface area contributed by atoms with E-state index in [9.17, 15) is 9.90 Å². The van der Waals surface area contributed by atoms with Gasteiger partial charge >= 0.3 is 0 Å². The number of carbonyl (C=O) groups is 1. The summed E-state index contributed by atoms with van der Waals surface area (Å²) < 4.78 is 0. The highest BCUT2D eigenvalue weighted by atomic mass is 16.3. The van der Waals surface area contributed by atoms with E-state index < -0.39 is 0 Å². The molecule has 0 spiro atoms. The van der Waals surface area contributed by atoms with Gasteiger partial charge in [-0.15, -0.1) is 0 Å². The normalized spacial score (nSPS) is 15.6. The van der Waals surface area contributed by atoms with E-state index in [2.05, 4.69) is 24.5 Å². The van der Waals surface area contributed by atoms with Gasteiger partial charge in [-0.05, 0) is 39.5 Å². The Morgan fingerprint density at radius 3 is 2.22 bits per heavy atom. The number of nitrogens with one attached hydrogen (secondary N) is 2. The lowest BCUT2D eigenvalue weighted by molar-refractivity contribution is -0.124. The Balaban J connectivity index is 4.29. The van der Waals surface area contributed by atoms with E-state index in [0.29, 0.717) is 5.92 Å². The molecule has 0 radical (unpaired) electrons. The highest BCUT2D eigenvalue weighted by molar-refractivity contribution is 5.82. The van der Waals surface area contributed by atoms with E-state index >= 15 is 0 Å². The maximum atomic E-state index is 12.0. The average molecular weight is 258 g/mol. The van der Waals surface area contributed by atoms with Crippen LogP contribution in [-0.2, 0) is 4.79 Å². The predicted octanol–water partition coefficient (Wildman–Crippen LogP) is 1.68. The minimum Gasteiger partial charge on any atom is -0.395 e. The van der Waals surface area contributed by atoms with E-state index in [-0.39, 0.29) is 30.1 Å². The molecule has 0 saturated carbocycles. The standard InChI is InChI=1S/C14H30N2O2/c1-7-14(5,6)16-13(18)11(4)15-12(9-17)8-10(2)3/h10-12,15,17H,7-9H2,1-6H3,(H,16,18). The van der Waals surface area contributed by atoms with Crippen molar-refractivity contribution in [3.05, 3.63) is 0 Å². The summed E-state index contributed by atoms with van der Waals surface area (Å²) in [5.74, 6) is 0.487. The summed E-state index contributed by atoms with van der Waals surface area (Å²) in [6.07, 6.45) is 1.76. The van der Waals surface area contributed by atoms with Crippen LogP contribution in [0, 0.1) is 5.92 Å². The molecule has 0 heterocycles. The minimum absolute atomic E-state index is 0.0101. The van der Waals surface area contributed by atoms with Crippen LogP contribution < -0.4 is 10.6 Å². The zero-order valence-corrected chi connectivity index (χ0v) is 12.7. The second-order valence-electron chi connectivity index (χ2n) is 6.12. The van der Waals surface area contributed by atoms with Crippen LogP contribution in [0.3, 0.4) is 0 Å². The van der Waals surface area contributed by atoms with Crippen LogP contribution in [-0.4, -0.2) is 35.2 Å². The Bertz CT molecular complexity index is 252. The summed E-state index contributed by atoms with van der Waals surface area (Å²) >= 11 is 0. The van der Waals surface area contributed by atoms with Gasteiger partial charge < -0.3 is 15.7 Å². The van der Waals surface area contributed by atoms with E-state index in [4.69, 9.17) is 0 Å². The predicted molar refractivity (Wildman–Crippen MR) is 75.4 cm³/mol. The lowest BCUT2D eigenvalue weighted by Crippen LogP contribution is -2.53. The fraction of sp³-hybridized carbons (Fsp3) is 0.929. The number of rotatable bonds is 8. The molecule has 0 aliphatic carbocycles. The maximum absolute atomic E-state index is 12.0. The Labute approximate surface area is 112 Å². The van der Waals surface area contributed by atoms with Crippen LogP contribution in [0.4, 0.5) is 0 Å². The molecule has 0 aromatic carbocycles. The van der Waals surface area contributed by atoms with Crippen LogP contribution in [0.25, 0.3) is 0 Å². The zero-order chi connectivity index (χ0) is 14.3. The van der Waals surface area contributed by atoms with Gasteiger partial charge in [-0.25, -0.2) is 0 Å². The van der Waals surface area contributed by atoms with Crippen molar-refractivity contribution in [2.75, 3.05) is 6.61 Å².